The minimum absolute atomic E-state index is 0.257. The molecule has 0 saturated heterocycles. The number of imidazole rings is 1. The van der Waals surface area contributed by atoms with Gasteiger partial charge in [0.25, 0.3) is 0 Å². The van der Waals surface area contributed by atoms with E-state index < -0.39 is 0 Å². The van der Waals surface area contributed by atoms with Gasteiger partial charge in [0.15, 0.2) is 0 Å². The van der Waals surface area contributed by atoms with Crippen molar-refractivity contribution in [3.05, 3.63) is 18.7 Å². The summed E-state index contributed by atoms with van der Waals surface area (Å²) in [6.45, 7) is 12.8. The summed E-state index contributed by atoms with van der Waals surface area (Å²) in [4.78, 5) is 4.16. The van der Waals surface area contributed by atoms with Crippen molar-refractivity contribution in [3.63, 3.8) is 0 Å². The van der Waals surface area contributed by atoms with Crippen LogP contribution in [0, 0.1) is 17.3 Å². The van der Waals surface area contributed by atoms with Gasteiger partial charge in [-0.15, -0.1) is 0 Å². The summed E-state index contributed by atoms with van der Waals surface area (Å²) in [5.41, 5.74) is 0.257. The molecule has 0 spiro atoms. The van der Waals surface area contributed by atoms with Crippen molar-refractivity contribution in [1.82, 2.24) is 14.9 Å². The van der Waals surface area contributed by atoms with Crippen molar-refractivity contribution in [2.24, 2.45) is 17.3 Å². The van der Waals surface area contributed by atoms with Crippen molar-refractivity contribution in [2.75, 3.05) is 0 Å². The van der Waals surface area contributed by atoms with Crippen molar-refractivity contribution in [3.8, 4) is 0 Å². The Labute approximate surface area is 124 Å². The van der Waals surface area contributed by atoms with E-state index >= 15 is 0 Å². The summed E-state index contributed by atoms with van der Waals surface area (Å²) in [6.07, 6.45) is 9.90. The number of nitrogens with zero attached hydrogens (tertiary/aromatic N) is 2. The molecule has 1 aromatic heterocycles. The van der Waals surface area contributed by atoms with E-state index in [1.165, 1.54) is 19.3 Å². The predicted octanol–water partition coefficient (Wildman–Crippen LogP) is 3.71. The first-order chi connectivity index (χ1) is 9.36. The molecule has 1 aliphatic carbocycles. The fourth-order valence-corrected chi connectivity index (χ4v) is 3.35. The van der Waals surface area contributed by atoms with Crippen LogP contribution in [0.4, 0.5) is 0 Å². The van der Waals surface area contributed by atoms with Crippen molar-refractivity contribution in [2.45, 2.75) is 72.5 Å². The van der Waals surface area contributed by atoms with Gasteiger partial charge in [-0.1, -0.05) is 34.6 Å². The van der Waals surface area contributed by atoms with Crippen LogP contribution in [0.1, 0.15) is 53.9 Å². The highest BCUT2D eigenvalue weighted by molar-refractivity contribution is 4.90. The normalized spacial score (nSPS) is 29.4. The summed E-state index contributed by atoms with van der Waals surface area (Å²) < 4.78 is 2.19. The van der Waals surface area contributed by atoms with E-state index in [2.05, 4.69) is 55.7 Å². The van der Waals surface area contributed by atoms with Gasteiger partial charge < -0.3 is 9.88 Å². The molecule has 0 radical (unpaired) electrons. The monoisotopic (exact) mass is 277 g/mol. The second kappa shape index (κ2) is 6.30. The van der Waals surface area contributed by atoms with E-state index in [0.717, 1.165) is 18.4 Å². The number of nitrogens with one attached hydrogen (secondary N) is 1. The van der Waals surface area contributed by atoms with Crippen molar-refractivity contribution in [1.29, 1.82) is 0 Å². The van der Waals surface area contributed by atoms with Crippen LogP contribution in [-0.2, 0) is 6.54 Å². The molecule has 4 unspecified atom stereocenters. The first kappa shape index (κ1) is 15.6. The average molecular weight is 277 g/mol. The molecule has 20 heavy (non-hydrogen) atoms. The lowest BCUT2D eigenvalue weighted by atomic mass is 9.78. The van der Waals surface area contributed by atoms with E-state index in [-0.39, 0.29) is 5.41 Å². The zero-order chi connectivity index (χ0) is 14.8. The van der Waals surface area contributed by atoms with Crippen LogP contribution >= 0.6 is 0 Å². The average Bonchev–Trinajstić information content (AvgIpc) is 2.83. The van der Waals surface area contributed by atoms with Gasteiger partial charge in [-0.05, 0) is 36.5 Å². The van der Waals surface area contributed by atoms with Crippen LogP contribution in [0.2, 0.25) is 0 Å². The molecular weight excluding hydrogens is 246 g/mol. The first-order valence-corrected chi connectivity index (χ1v) is 8.08. The highest BCUT2D eigenvalue weighted by Crippen LogP contribution is 2.31. The topological polar surface area (TPSA) is 29.9 Å². The van der Waals surface area contributed by atoms with Gasteiger partial charge in [-0.2, -0.15) is 0 Å². The Bertz CT molecular complexity index is 391. The molecule has 4 atom stereocenters. The molecule has 1 fully saturated rings. The second-order valence-corrected chi connectivity index (χ2v) is 7.85. The zero-order valence-corrected chi connectivity index (χ0v) is 13.8. The van der Waals surface area contributed by atoms with E-state index in [1.54, 1.807) is 0 Å². The Kier molecular flexibility index (Phi) is 4.90. The molecule has 0 aliphatic heterocycles. The quantitative estimate of drug-likeness (QED) is 0.909. The highest BCUT2D eigenvalue weighted by Gasteiger charge is 2.31. The number of hydrogen-bond acceptors (Lipinski definition) is 2. The van der Waals surface area contributed by atoms with Gasteiger partial charge in [0, 0.05) is 31.0 Å². The standard InChI is InChI=1S/C17H31N3/c1-13-6-7-15(14(2)10-13)19-16(17(3,4)5)11-20-9-8-18-12-20/h8-9,12-16,19H,6-7,10-11H2,1-5H3. The molecule has 2 rings (SSSR count). The maximum atomic E-state index is 4.16. The Morgan fingerprint density at radius 3 is 2.60 bits per heavy atom. The van der Waals surface area contributed by atoms with Gasteiger partial charge >= 0.3 is 0 Å². The van der Waals surface area contributed by atoms with Gasteiger partial charge in [-0.3, -0.25) is 0 Å². The van der Waals surface area contributed by atoms with Gasteiger partial charge in [-0.25, -0.2) is 4.98 Å². The number of hydrogen-bond donors (Lipinski definition) is 1. The Morgan fingerprint density at radius 2 is 2.05 bits per heavy atom. The lowest BCUT2D eigenvalue weighted by Crippen LogP contribution is -2.51. The minimum atomic E-state index is 0.257. The summed E-state index contributed by atoms with van der Waals surface area (Å²) >= 11 is 0. The predicted molar refractivity (Wildman–Crippen MR) is 84.6 cm³/mol. The Hall–Kier alpha value is -0.830. The largest absolute Gasteiger partial charge is 0.336 e. The number of aromatic nitrogens is 2. The first-order valence-electron chi connectivity index (χ1n) is 8.08. The Morgan fingerprint density at radius 1 is 1.30 bits per heavy atom. The molecule has 0 amide bonds. The third-order valence-corrected chi connectivity index (χ3v) is 4.84. The SMILES string of the molecule is CC1CCC(NC(Cn2ccnc2)C(C)(C)C)C(C)C1. The third kappa shape index (κ3) is 4.08. The maximum Gasteiger partial charge on any atom is 0.0946 e. The Balaban J connectivity index is 2.01. The summed E-state index contributed by atoms with van der Waals surface area (Å²) in [5.74, 6) is 1.68. The van der Waals surface area contributed by atoms with E-state index in [9.17, 15) is 0 Å². The van der Waals surface area contributed by atoms with E-state index in [4.69, 9.17) is 0 Å². The van der Waals surface area contributed by atoms with Crippen LogP contribution in [0.5, 0.6) is 0 Å². The molecule has 3 heteroatoms. The molecule has 1 aromatic rings. The lowest BCUT2D eigenvalue weighted by Gasteiger charge is -2.40. The van der Waals surface area contributed by atoms with Gasteiger partial charge in [0.05, 0.1) is 6.33 Å². The second-order valence-electron chi connectivity index (χ2n) is 7.85. The molecule has 1 N–H and O–H groups in total. The maximum absolute atomic E-state index is 4.16. The smallest absolute Gasteiger partial charge is 0.0946 e. The van der Waals surface area contributed by atoms with E-state index in [0.29, 0.717) is 12.1 Å². The van der Waals surface area contributed by atoms with Crippen LogP contribution in [0.15, 0.2) is 18.7 Å². The van der Waals surface area contributed by atoms with Crippen molar-refractivity contribution >= 4 is 0 Å². The van der Waals surface area contributed by atoms with Gasteiger partial charge in [0.1, 0.15) is 0 Å². The molecule has 1 aliphatic rings. The molecule has 1 heterocycles. The van der Waals surface area contributed by atoms with E-state index in [1.807, 2.05) is 12.5 Å². The molecule has 0 bridgehead atoms. The summed E-state index contributed by atoms with van der Waals surface area (Å²) in [6, 6.07) is 1.15. The summed E-state index contributed by atoms with van der Waals surface area (Å²) in [7, 11) is 0. The van der Waals surface area contributed by atoms with Gasteiger partial charge in [0.2, 0.25) is 0 Å². The zero-order valence-electron chi connectivity index (χ0n) is 13.8. The lowest BCUT2D eigenvalue weighted by molar-refractivity contribution is 0.158. The van der Waals surface area contributed by atoms with Crippen LogP contribution < -0.4 is 5.32 Å². The fraction of sp³-hybridized carbons (Fsp3) is 0.824. The number of rotatable bonds is 4. The highest BCUT2D eigenvalue weighted by atomic mass is 15.1. The third-order valence-electron chi connectivity index (χ3n) is 4.84. The fourth-order valence-electron chi connectivity index (χ4n) is 3.35. The minimum Gasteiger partial charge on any atom is -0.336 e. The van der Waals surface area contributed by atoms with Crippen LogP contribution in [-0.4, -0.2) is 21.6 Å². The molecule has 0 aromatic carbocycles. The molecule has 114 valence electrons. The summed E-state index contributed by atoms with van der Waals surface area (Å²) in [5, 5.41) is 3.96. The van der Waals surface area contributed by atoms with Crippen LogP contribution in [0.3, 0.4) is 0 Å². The molecule has 3 nitrogen and oxygen atoms in total. The molecular formula is C17H31N3. The van der Waals surface area contributed by atoms with Crippen LogP contribution in [0.25, 0.3) is 0 Å². The molecule has 1 saturated carbocycles. The van der Waals surface area contributed by atoms with Crippen molar-refractivity contribution < 1.29 is 0 Å².